The van der Waals surface area contributed by atoms with Crippen LogP contribution in [0.4, 0.5) is 0 Å². The number of hydrogen-bond acceptors (Lipinski definition) is 8. The predicted molar refractivity (Wildman–Crippen MR) is 144 cm³/mol. The normalized spacial score (nSPS) is 29.0. The Labute approximate surface area is 232 Å². The second-order valence-electron chi connectivity index (χ2n) is 12.1. The summed E-state index contributed by atoms with van der Waals surface area (Å²) in [5.74, 6) is 0.337. The van der Waals surface area contributed by atoms with E-state index >= 15 is 0 Å². The van der Waals surface area contributed by atoms with Gasteiger partial charge in [0.15, 0.2) is 0 Å². The van der Waals surface area contributed by atoms with Crippen molar-refractivity contribution in [2.24, 2.45) is 11.3 Å². The van der Waals surface area contributed by atoms with Gasteiger partial charge >= 0.3 is 11.9 Å². The third kappa shape index (κ3) is 8.41. The fraction of sp³-hybridized carbons (Fsp3) is 0.742. The molecule has 5 rings (SSSR count). The average Bonchev–Trinajstić information content (AvgIpc) is 3.71. The van der Waals surface area contributed by atoms with Gasteiger partial charge in [0, 0.05) is 12.0 Å². The van der Waals surface area contributed by atoms with Gasteiger partial charge in [-0.25, -0.2) is 4.79 Å². The molecule has 8 heteroatoms. The highest BCUT2D eigenvalue weighted by Gasteiger charge is 2.46. The summed E-state index contributed by atoms with van der Waals surface area (Å²) < 4.78 is 33.9. The van der Waals surface area contributed by atoms with Gasteiger partial charge in [0.25, 0.3) is 0 Å². The van der Waals surface area contributed by atoms with Gasteiger partial charge < -0.3 is 28.4 Å². The first-order valence-corrected chi connectivity index (χ1v) is 14.9. The van der Waals surface area contributed by atoms with Gasteiger partial charge in [0.1, 0.15) is 18.0 Å². The Kier molecular flexibility index (Phi) is 9.80. The van der Waals surface area contributed by atoms with Crippen molar-refractivity contribution in [3.63, 3.8) is 0 Å². The van der Waals surface area contributed by atoms with Crippen LogP contribution in [0.2, 0.25) is 0 Å². The number of unbranched alkanes of at least 4 members (excludes halogenated alkanes) is 3. The monoisotopic (exact) mass is 544 g/mol. The van der Waals surface area contributed by atoms with Gasteiger partial charge in [-0.3, -0.25) is 4.79 Å². The van der Waals surface area contributed by atoms with Crippen LogP contribution in [-0.2, 0) is 28.5 Å². The van der Waals surface area contributed by atoms with E-state index in [4.69, 9.17) is 28.4 Å². The molecular weight excluding hydrogens is 500 g/mol. The zero-order valence-corrected chi connectivity index (χ0v) is 23.3. The van der Waals surface area contributed by atoms with E-state index < -0.39 is 0 Å². The molecule has 0 spiro atoms. The summed E-state index contributed by atoms with van der Waals surface area (Å²) in [5, 5.41) is 0. The summed E-state index contributed by atoms with van der Waals surface area (Å²) in [7, 11) is 0. The van der Waals surface area contributed by atoms with E-state index in [9.17, 15) is 9.59 Å². The SMILES string of the molecule is CC1(COCCCCCCOc2ccc(C(=O)OC3CCC(OC(=O)C4CCC5OC5C4)CC3)cc2)COC1. The lowest BCUT2D eigenvalue weighted by Crippen LogP contribution is -2.43. The molecule has 0 radical (unpaired) electrons. The van der Waals surface area contributed by atoms with Gasteiger partial charge in [-0.1, -0.05) is 13.3 Å². The number of fused-ring (bicyclic) bond motifs is 1. The number of rotatable bonds is 14. The molecule has 4 fully saturated rings. The Morgan fingerprint density at radius 1 is 0.846 bits per heavy atom. The van der Waals surface area contributed by atoms with Crippen molar-refractivity contribution in [1.82, 2.24) is 0 Å². The van der Waals surface area contributed by atoms with E-state index in [0.717, 1.165) is 90.0 Å². The zero-order chi connectivity index (χ0) is 27.1. The van der Waals surface area contributed by atoms with E-state index in [-0.39, 0.29) is 41.6 Å². The minimum atomic E-state index is -0.316. The van der Waals surface area contributed by atoms with Crippen LogP contribution in [0.1, 0.15) is 87.9 Å². The maximum atomic E-state index is 12.6. The molecule has 0 bridgehead atoms. The molecule has 0 amide bonds. The lowest BCUT2D eigenvalue weighted by molar-refractivity contribution is -0.157. The highest BCUT2D eigenvalue weighted by molar-refractivity contribution is 5.89. The van der Waals surface area contributed by atoms with Crippen molar-refractivity contribution in [3.8, 4) is 5.75 Å². The van der Waals surface area contributed by atoms with Crippen LogP contribution in [-0.4, -0.2) is 69.4 Å². The molecule has 2 aliphatic carbocycles. The van der Waals surface area contributed by atoms with Gasteiger partial charge in [-0.15, -0.1) is 0 Å². The molecule has 0 N–H and O–H groups in total. The molecule has 216 valence electrons. The molecule has 1 aromatic rings. The maximum absolute atomic E-state index is 12.6. The molecule has 3 unspecified atom stereocenters. The van der Waals surface area contributed by atoms with Crippen molar-refractivity contribution in [2.45, 2.75) is 102 Å². The molecule has 8 nitrogen and oxygen atoms in total. The third-order valence-corrected chi connectivity index (χ3v) is 8.41. The Morgan fingerprint density at radius 3 is 2.21 bits per heavy atom. The van der Waals surface area contributed by atoms with Gasteiger partial charge in [0.2, 0.25) is 0 Å². The molecule has 2 saturated heterocycles. The fourth-order valence-electron chi connectivity index (χ4n) is 5.76. The minimum absolute atomic E-state index is 0.0252. The largest absolute Gasteiger partial charge is 0.494 e. The average molecular weight is 545 g/mol. The Balaban J connectivity index is 0.902. The fourth-order valence-corrected chi connectivity index (χ4v) is 5.76. The first kappa shape index (κ1) is 28.4. The summed E-state index contributed by atoms with van der Waals surface area (Å²) in [6.07, 6.45) is 10.2. The molecule has 4 aliphatic rings. The highest BCUT2D eigenvalue weighted by atomic mass is 16.6. The van der Waals surface area contributed by atoms with Crippen LogP contribution in [0, 0.1) is 11.3 Å². The van der Waals surface area contributed by atoms with E-state index in [1.165, 1.54) is 0 Å². The number of carbonyl (C=O) groups is 2. The second-order valence-corrected chi connectivity index (χ2v) is 12.1. The molecule has 39 heavy (non-hydrogen) atoms. The quantitative estimate of drug-likeness (QED) is 0.178. The number of ether oxygens (including phenoxy) is 6. The van der Waals surface area contributed by atoms with E-state index in [2.05, 4.69) is 6.92 Å². The molecule has 3 atom stereocenters. The topological polar surface area (TPSA) is 92.8 Å². The molecular formula is C31H44O8. The molecule has 2 saturated carbocycles. The standard InChI is InChI=1S/C31H44O8/c1-31(20-35-21-31)19-34-16-4-2-3-5-17-36-24-9-6-22(7-10-24)29(32)37-25-11-13-26(14-12-25)38-30(33)23-8-15-27-28(18-23)39-27/h6-7,9-10,23,25-28H,2-5,8,11-21H2,1H3. The molecule has 2 heterocycles. The van der Waals surface area contributed by atoms with Gasteiger partial charge in [0.05, 0.1) is 50.1 Å². The first-order valence-electron chi connectivity index (χ1n) is 14.9. The Hall–Kier alpha value is -2.16. The van der Waals surface area contributed by atoms with Crippen LogP contribution in [0.25, 0.3) is 0 Å². The lowest BCUT2D eigenvalue weighted by atomic mass is 9.89. The first-order chi connectivity index (χ1) is 19.0. The maximum Gasteiger partial charge on any atom is 0.338 e. The molecule has 2 aliphatic heterocycles. The van der Waals surface area contributed by atoms with Crippen LogP contribution in [0.15, 0.2) is 24.3 Å². The van der Waals surface area contributed by atoms with Crippen molar-refractivity contribution in [1.29, 1.82) is 0 Å². The smallest absolute Gasteiger partial charge is 0.338 e. The molecule has 1 aromatic carbocycles. The summed E-state index contributed by atoms with van der Waals surface area (Å²) >= 11 is 0. The summed E-state index contributed by atoms with van der Waals surface area (Å²) in [6, 6.07) is 7.17. The molecule has 0 aromatic heterocycles. The Bertz CT molecular complexity index is 934. The second kappa shape index (κ2) is 13.5. The Morgan fingerprint density at radius 2 is 1.54 bits per heavy atom. The van der Waals surface area contributed by atoms with Crippen molar-refractivity contribution < 1.29 is 38.0 Å². The van der Waals surface area contributed by atoms with Crippen LogP contribution in [0.3, 0.4) is 0 Å². The van der Waals surface area contributed by atoms with Crippen molar-refractivity contribution >= 4 is 11.9 Å². The summed E-state index contributed by atoms with van der Waals surface area (Å²) in [5.41, 5.74) is 0.749. The zero-order valence-electron chi connectivity index (χ0n) is 23.3. The van der Waals surface area contributed by atoms with Crippen molar-refractivity contribution in [2.75, 3.05) is 33.0 Å². The van der Waals surface area contributed by atoms with Gasteiger partial charge in [-0.2, -0.15) is 0 Å². The van der Waals surface area contributed by atoms with E-state index in [1.54, 1.807) is 12.1 Å². The van der Waals surface area contributed by atoms with Crippen LogP contribution < -0.4 is 4.74 Å². The van der Waals surface area contributed by atoms with Crippen LogP contribution in [0.5, 0.6) is 5.75 Å². The van der Waals surface area contributed by atoms with Crippen LogP contribution >= 0.6 is 0 Å². The summed E-state index contributed by atoms with van der Waals surface area (Å²) in [4.78, 5) is 25.1. The summed E-state index contributed by atoms with van der Waals surface area (Å²) in [6.45, 7) is 6.07. The van der Waals surface area contributed by atoms with E-state index in [1.807, 2.05) is 12.1 Å². The number of benzene rings is 1. The van der Waals surface area contributed by atoms with Crippen molar-refractivity contribution in [3.05, 3.63) is 29.8 Å². The number of hydrogen-bond donors (Lipinski definition) is 0. The van der Waals surface area contributed by atoms with E-state index in [0.29, 0.717) is 31.1 Å². The predicted octanol–water partition coefficient (Wildman–Crippen LogP) is 5.26. The number of esters is 2. The number of epoxide rings is 1. The lowest BCUT2D eigenvalue weighted by Gasteiger charge is -2.37. The third-order valence-electron chi connectivity index (χ3n) is 8.41. The minimum Gasteiger partial charge on any atom is -0.494 e. The number of carbonyl (C=O) groups excluding carboxylic acids is 2. The highest BCUT2D eigenvalue weighted by Crippen LogP contribution is 2.40. The van der Waals surface area contributed by atoms with Gasteiger partial charge in [-0.05, 0) is 88.5 Å².